The van der Waals surface area contributed by atoms with Crippen LogP contribution in [-0.4, -0.2) is 42.4 Å². The third kappa shape index (κ3) is 3.17. The SMILES string of the molecule is CC(C)(O)COC1CCC2(CC1)OCCO2. The molecule has 0 bridgehead atoms. The molecule has 0 amide bonds. The standard InChI is InChI=1S/C12H22O4/c1-11(2,13)9-14-10-3-5-12(6-4-10)15-7-8-16-12/h10,13H,3-9H2,1-2H3. The third-order valence-corrected chi connectivity index (χ3v) is 3.18. The summed E-state index contributed by atoms with van der Waals surface area (Å²) in [7, 11) is 0. The van der Waals surface area contributed by atoms with Gasteiger partial charge in [-0.15, -0.1) is 0 Å². The van der Waals surface area contributed by atoms with E-state index in [1.807, 2.05) is 0 Å². The highest BCUT2D eigenvalue weighted by Gasteiger charge is 2.40. The Hall–Kier alpha value is -0.160. The second kappa shape index (κ2) is 4.61. The summed E-state index contributed by atoms with van der Waals surface area (Å²) in [5.74, 6) is -0.311. The molecule has 94 valence electrons. The van der Waals surface area contributed by atoms with Crippen LogP contribution in [0.2, 0.25) is 0 Å². The van der Waals surface area contributed by atoms with E-state index in [0.717, 1.165) is 38.9 Å². The number of rotatable bonds is 3. The van der Waals surface area contributed by atoms with Gasteiger partial charge in [-0.1, -0.05) is 0 Å². The van der Waals surface area contributed by atoms with Gasteiger partial charge in [0, 0.05) is 12.8 Å². The van der Waals surface area contributed by atoms with E-state index >= 15 is 0 Å². The van der Waals surface area contributed by atoms with Crippen LogP contribution in [0.4, 0.5) is 0 Å². The van der Waals surface area contributed by atoms with Crippen molar-refractivity contribution < 1.29 is 19.3 Å². The number of aliphatic hydroxyl groups is 1. The third-order valence-electron chi connectivity index (χ3n) is 3.18. The van der Waals surface area contributed by atoms with Gasteiger partial charge in [-0.3, -0.25) is 0 Å². The Bertz CT molecular complexity index is 218. The minimum atomic E-state index is -0.741. The van der Waals surface area contributed by atoms with Crippen molar-refractivity contribution in [3.8, 4) is 0 Å². The smallest absolute Gasteiger partial charge is 0.168 e. The average molecular weight is 230 g/mol. The van der Waals surface area contributed by atoms with Crippen LogP contribution >= 0.6 is 0 Å². The van der Waals surface area contributed by atoms with Crippen LogP contribution in [0.15, 0.2) is 0 Å². The summed E-state index contributed by atoms with van der Waals surface area (Å²) in [4.78, 5) is 0. The Morgan fingerprint density at radius 1 is 1.25 bits per heavy atom. The van der Waals surface area contributed by atoms with Gasteiger partial charge in [0.2, 0.25) is 0 Å². The molecule has 2 rings (SSSR count). The van der Waals surface area contributed by atoms with Crippen LogP contribution in [0.1, 0.15) is 39.5 Å². The molecule has 2 aliphatic rings. The van der Waals surface area contributed by atoms with Crippen molar-refractivity contribution in [2.75, 3.05) is 19.8 Å². The predicted octanol–water partition coefficient (Wildman–Crippen LogP) is 1.46. The fraction of sp³-hybridized carbons (Fsp3) is 1.00. The molecule has 0 radical (unpaired) electrons. The molecule has 1 saturated carbocycles. The Morgan fingerprint density at radius 2 is 1.81 bits per heavy atom. The van der Waals surface area contributed by atoms with Crippen molar-refractivity contribution in [3.63, 3.8) is 0 Å². The van der Waals surface area contributed by atoms with E-state index in [2.05, 4.69) is 0 Å². The zero-order valence-electron chi connectivity index (χ0n) is 10.2. The number of hydrogen-bond acceptors (Lipinski definition) is 4. The first-order chi connectivity index (χ1) is 7.49. The van der Waals surface area contributed by atoms with Crippen LogP contribution < -0.4 is 0 Å². The number of hydrogen-bond donors (Lipinski definition) is 1. The van der Waals surface area contributed by atoms with Crippen LogP contribution in [0.25, 0.3) is 0 Å². The van der Waals surface area contributed by atoms with E-state index in [1.165, 1.54) is 0 Å². The summed E-state index contributed by atoms with van der Waals surface area (Å²) >= 11 is 0. The molecule has 0 unspecified atom stereocenters. The van der Waals surface area contributed by atoms with Gasteiger partial charge in [0.15, 0.2) is 5.79 Å². The zero-order valence-corrected chi connectivity index (χ0v) is 10.2. The van der Waals surface area contributed by atoms with E-state index in [1.54, 1.807) is 13.8 Å². The highest BCUT2D eigenvalue weighted by molar-refractivity contribution is 4.83. The van der Waals surface area contributed by atoms with Gasteiger partial charge >= 0.3 is 0 Å². The van der Waals surface area contributed by atoms with Crippen LogP contribution in [0.3, 0.4) is 0 Å². The molecule has 0 atom stereocenters. The molecule has 0 aromatic carbocycles. The highest BCUT2D eigenvalue weighted by Crippen LogP contribution is 2.36. The molecule has 1 N–H and O–H groups in total. The summed E-state index contributed by atoms with van der Waals surface area (Å²) in [5, 5.41) is 9.58. The first-order valence-corrected chi connectivity index (χ1v) is 6.11. The Labute approximate surface area is 96.9 Å². The fourth-order valence-electron chi connectivity index (χ4n) is 2.31. The lowest BCUT2D eigenvalue weighted by molar-refractivity contribution is -0.195. The van der Waals surface area contributed by atoms with Gasteiger partial charge < -0.3 is 19.3 Å². The Kier molecular flexibility index (Phi) is 3.54. The highest BCUT2D eigenvalue weighted by atomic mass is 16.7. The van der Waals surface area contributed by atoms with Gasteiger partial charge in [0.25, 0.3) is 0 Å². The maximum Gasteiger partial charge on any atom is 0.168 e. The quantitative estimate of drug-likeness (QED) is 0.797. The van der Waals surface area contributed by atoms with E-state index in [9.17, 15) is 5.11 Å². The minimum Gasteiger partial charge on any atom is -0.388 e. The molecule has 1 spiro atoms. The average Bonchev–Trinajstić information content (AvgIpc) is 2.65. The monoisotopic (exact) mass is 230 g/mol. The fourth-order valence-corrected chi connectivity index (χ4v) is 2.31. The first-order valence-electron chi connectivity index (χ1n) is 6.11. The summed E-state index contributed by atoms with van der Waals surface area (Å²) in [5.41, 5.74) is -0.741. The Balaban J connectivity index is 1.73. The summed E-state index contributed by atoms with van der Waals surface area (Å²) in [6.07, 6.45) is 3.96. The van der Waals surface area contributed by atoms with Crippen molar-refractivity contribution in [1.82, 2.24) is 0 Å². The lowest BCUT2D eigenvalue weighted by Crippen LogP contribution is -2.39. The maximum absolute atomic E-state index is 9.58. The summed E-state index contributed by atoms with van der Waals surface area (Å²) < 4.78 is 17.0. The lowest BCUT2D eigenvalue weighted by Gasteiger charge is -2.35. The van der Waals surface area contributed by atoms with E-state index < -0.39 is 5.60 Å². The second-order valence-electron chi connectivity index (χ2n) is 5.43. The second-order valence-corrected chi connectivity index (χ2v) is 5.43. The molecule has 4 heteroatoms. The molecule has 4 nitrogen and oxygen atoms in total. The van der Waals surface area contributed by atoms with Gasteiger partial charge in [0.05, 0.1) is 31.5 Å². The Morgan fingerprint density at radius 3 is 2.31 bits per heavy atom. The molecular weight excluding hydrogens is 208 g/mol. The number of ether oxygens (including phenoxy) is 3. The van der Waals surface area contributed by atoms with Crippen molar-refractivity contribution in [1.29, 1.82) is 0 Å². The molecule has 1 heterocycles. The van der Waals surface area contributed by atoms with Gasteiger partial charge in [-0.25, -0.2) is 0 Å². The van der Waals surface area contributed by atoms with Crippen LogP contribution in [0.5, 0.6) is 0 Å². The van der Waals surface area contributed by atoms with Crippen molar-refractivity contribution in [3.05, 3.63) is 0 Å². The molecule has 1 saturated heterocycles. The molecular formula is C12H22O4. The van der Waals surface area contributed by atoms with E-state index in [-0.39, 0.29) is 11.9 Å². The van der Waals surface area contributed by atoms with Crippen LogP contribution in [-0.2, 0) is 14.2 Å². The zero-order chi connectivity index (χ0) is 11.6. The van der Waals surface area contributed by atoms with Gasteiger partial charge in [-0.2, -0.15) is 0 Å². The molecule has 2 fully saturated rings. The molecule has 1 aliphatic carbocycles. The normalized spacial score (nSPS) is 26.4. The molecule has 0 aromatic rings. The van der Waals surface area contributed by atoms with Crippen molar-refractivity contribution >= 4 is 0 Å². The van der Waals surface area contributed by atoms with Crippen molar-refractivity contribution in [2.45, 2.75) is 57.0 Å². The lowest BCUT2D eigenvalue weighted by atomic mass is 9.91. The van der Waals surface area contributed by atoms with E-state index in [0.29, 0.717) is 6.61 Å². The van der Waals surface area contributed by atoms with Gasteiger partial charge in [-0.05, 0) is 26.7 Å². The predicted molar refractivity (Wildman–Crippen MR) is 59.1 cm³/mol. The van der Waals surface area contributed by atoms with E-state index in [4.69, 9.17) is 14.2 Å². The van der Waals surface area contributed by atoms with Gasteiger partial charge in [0.1, 0.15) is 0 Å². The molecule has 1 aliphatic heterocycles. The largest absolute Gasteiger partial charge is 0.388 e. The minimum absolute atomic E-state index is 0.241. The topological polar surface area (TPSA) is 47.9 Å². The molecule has 0 aromatic heterocycles. The summed E-state index contributed by atoms with van der Waals surface area (Å²) in [6.45, 7) is 5.36. The molecule has 16 heavy (non-hydrogen) atoms. The summed E-state index contributed by atoms with van der Waals surface area (Å²) in [6, 6.07) is 0. The maximum atomic E-state index is 9.58. The first kappa shape index (κ1) is 12.3. The van der Waals surface area contributed by atoms with Crippen LogP contribution in [0, 0.1) is 0 Å². The van der Waals surface area contributed by atoms with Crippen molar-refractivity contribution in [2.24, 2.45) is 0 Å².